The van der Waals surface area contributed by atoms with Crippen molar-refractivity contribution in [2.75, 3.05) is 0 Å². The molecule has 0 aliphatic heterocycles. The average Bonchev–Trinajstić information content (AvgIpc) is 2.72. The Morgan fingerprint density at radius 3 is 0.679 bits per heavy atom. The van der Waals surface area contributed by atoms with E-state index in [0.717, 1.165) is 22.7 Å². The van der Waals surface area contributed by atoms with E-state index in [2.05, 4.69) is 10.6 Å². The van der Waals surface area contributed by atoms with Gasteiger partial charge in [-0.2, -0.15) is 0 Å². The fraction of sp³-hybridized carbons (Fsp3) is 0. The summed E-state index contributed by atoms with van der Waals surface area (Å²) in [5.74, 6) is 0. The molecule has 0 saturated heterocycles. The summed E-state index contributed by atoms with van der Waals surface area (Å²) in [5, 5.41) is 8.88. The molecule has 4 heteroatoms. The predicted molar refractivity (Wildman–Crippen MR) is 117 cm³/mol. The van der Waals surface area contributed by atoms with Gasteiger partial charge < -0.3 is 23.0 Å². The van der Waals surface area contributed by atoms with Crippen LogP contribution in [0.1, 0.15) is 0 Å². The van der Waals surface area contributed by atoms with Gasteiger partial charge in [-0.25, -0.2) is 0 Å². The first-order valence-electron chi connectivity index (χ1n) is 8.54. The number of halogens is 1. The molecule has 0 fully saturated rings. The van der Waals surface area contributed by atoms with Crippen molar-refractivity contribution in [3.8, 4) is 0 Å². The van der Waals surface area contributed by atoms with E-state index in [9.17, 15) is 0 Å². The minimum Gasteiger partial charge on any atom is -1.00 e. The van der Waals surface area contributed by atoms with Crippen LogP contribution in [0.3, 0.4) is 0 Å². The van der Waals surface area contributed by atoms with Crippen LogP contribution in [0.2, 0.25) is 0 Å². The second-order valence-electron chi connectivity index (χ2n) is 5.57. The van der Waals surface area contributed by atoms with E-state index in [-0.39, 0.29) is 29.8 Å². The van der Waals surface area contributed by atoms with Gasteiger partial charge in [0, 0.05) is 0 Å². The zero-order chi connectivity index (χ0) is 17.9. The molecule has 0 saturated carbocycles. The van der Waals surface area contributed by atoms with Crippen LogP contribution in [0.5, 0.6) is 0 Å². The number of nitrogens with zero attached hydrogens (tertiary/aromatic N) is 2. The Morgan fingerprint density at radius 2 is 0.500 bits per heavy atom. The largest absolute Gasteiger partial charge is 3.00 e. The molecular formula is C24H20AlClN2. The van der Waals surface area contributed by atoms with E-state index in [1.165, 1.54) is 0 Å². The topological polar surface area (TPSA) is 28.2 Å². The van der Waals surface area contributed by atoms with Crippen LogP contribution in [-0.2, 0) is 0 Å². The van der Waals surface area contributed by atoms with E-state index in [1.807, 2.05) is 121 Å². The van der Waals surface area contributed by atoms with Crippen molar-refractivity contribution in [2.45, 2.75) is 0 Å². The number of benzene rings is 4. The van der Waals surface area contributed by atoms with E-state index in [4.69, 9.17) is 0 Å². The summed E-state index contributed by atoms with van der Waals surface area (Å²) in [5.41, 5.74) is 3.98. The normalized spacial score (nSPS) is 8.86. The molecule has 136 valence electrons. The molecule has 4 aromatic rings. The summed E-state index contributed by atoms with van der Waals surface area (Å²) < 4.78 is 0. The third-order valence-corrected chi connectivity index (χ3v) is 3.54. The van der Waals surface area contributed by atoms with Crippen LogP contribution in [0.25, 0.3) is 10.6 Å². The molecule has 0 aliphatic rings. The molecule has 0 aliphatic carbocycles. The van der Waals surface area contributed by atoms with Crippen molar-refractivity contribution in [1.29, 1.82) is 0 Å². The zero-order valence-corrected chi connectivity index (χ0v) is 17.3. The standard InChI is InChI=1S/2C12H10N.Al.ClH/c2*1-3-7-11(8-4-1)13-12-9-5-2-6-10-12;;/h2*1-10H;;1H/q2*-1;+3;/p-1. The maximum absolute atomic E-state index is 4.44. The summed E-state index contributed by atoms with van der Waals surface area (Å²) in [7, 11) is 0. The maximum Gasteiger partial charge on any atom is 3.00 e. The molecule has 4 rings (SSSR count). The Labute approximate surface area is 184 Å². The molecule has 0 atom stereocenters. The summed E-state index contributed by atoms with van der Waals surface area (Å²) in [6, 6.07) is 39.8. The van der Waals surface area contributed by atoms with Crippen molar-refractivity contribution < 1.29 is 12.4 Å². The molecule has 0 N–H and O–H groups in total. The van der Waals surface area contributed by atoms with E-state index >= 15 is 0 Å². The van der Waals surface area contributed by atoms with Gasteiger partial charge in [0.15, 0.2) is 0 Å². The fourth-order valence-corrected chi connectivity index (χ4v) is 2.31. The number of hydrogen-bond acceptors (Lipinski definition) is 0. The van der Waals surface area contributed by atoms with E-state index < -0.39 is 0 Å². The van der Waals surface area contributed by atoms with Crippen LogP contribution in [0, 0.1) is 0 Å². The molecule has 4 aromatic carbocycles. The molecule has 0 unspecified atom stereocenters. The second-order valence-corrected chi connectivity index (χ2v) is 5.57. The van der Waals surface area contributed by atoms with Gasteiger partial charge in [-0.1, -0.05) is 121 Å². The third-order valence-electron chi connectivity index (χ3n) is 3.54. The van der Waals surface area contributed by atoms with Gasteiger partial charge in [0.2, 0.25) is 0 Å². The van der Waals surface area contributed by atoms with Gasteiger partial charge in [-0.05, 0) is 0 Å². The van der Waals surface area contributed by atoms with Crippen LogP contribution >= 0.6 is 0 Å². The molecule has 0 spiro atoms. The smallest absolute Gasteiger partial charge is 1.00 e. The number of rotatable bonds is 4. The predicted octanol–water partition coefficient (Wildman–Crippen LogP) is 4.67. The molecule has 0 radical (unpaired) electrons. The first kappa shape index (κ1) is 23.3. The third kappa shape index (κ3) is 8.33. The van der Waals surface area contributed by atoms with Crippen molar-refractivity contribution in [1.82, 2.24) is 0 Å². The minimum atomic E-state index is 0. The van der Waals surface area contributed by atoms with Crippen LogP contribution in [0.15, 0.2) is 121 Å². The molecule has 0 heterocycles. The molecule has 0 amide bonds. The number of hydrogen-bond donors (Lipinski definition) is 0. The molecule has 28 heavy (non-hydrogen) atoms. The molecule has 0 aromatic heterocycles. The van der Waals surface area contributed by atoms with Crippen LogP contribution in [0.4, 0.5) is 22.7 Å². The summed E-state index contributed by atoms with van der Waals surface area (Å²) >= 11 is 0. The Bertz CT molecular complexity index is 721. The first-order chi connectivity index (χ1) is 12.9. The Morgan fingerprint density at radius 1 is 0.321 bits per heavy atom. The van der Waals surface area contributed by atoms with Crippen molar-refractivity contribution in [3.05, 3.63) is 132 Å². The summed E-state index contributed by atoms with van der Waals surface area (Å²) in [6.45, 7) is 0. The monoisotopic (exact) mass is 398 g/mol. The van der Waals surface area contributed by atoms with E-state index in [0.29, 0.717) is 0 Å². The van der Waals surface area contributed by atoms with Crippen molar-refractivity contribution in [3.63, 3.8) is 0 Å². The SMILES string of the molecule is [Al+3].[Cl-].c1ccc([N-]c2ccccc2)cc1.c1ccc([N-]c2ccccc2)cc1. The second kappa shape index (κ2) is 13.5. The summed E-state index contributed by atoms with van der Waals surface area (Å²) in [6.07, 6.45) is 0. The number of para-hydroxylation sites is 4. The molecule has 0 bridgehead atoms. The molecule has 2 nitrogen and oxygen atoms in total. The van der Waals surface area contributed by atoms with Gasteiger partial charge in [-0.3, -0.25) is 0 Å². The first-order valence-corrected chi connectivity index (χ1v) is 8.54. The van der Waals surface area contributed by atoms with Crippen molar-refractivity contribution >= 4 is 40.1 Å². The van der Waals surface area contributed by atoms with Crippen LogP contribution in [-0.4, -0.2) is 17.4 Å². The van der Waals surface area contributed by atoms with Crippen molar-refractivity contribution in [2.24, 2.45) is 0 Å². The Hall–Kier alpha value is -2.70. The van der Waals surface area contributed by atoms with Crippen LogP contribution < -0.4 is 12.4 Å². The Kier molecular flexibility index (Phi) is 11.2. The van der Waals surface area contributed by atoms with Gasteiger partial charge in [0.1, 0.15) is 0 Å². The average molecular weight is 399 g/mol. The van der Waals surface area contributed by atoms with Gasteiger partial charge in [-0.15, -0.1) is 22.7 Å². The van der Waals surface area contributed by atoms with Gasteiger partial charge in [0.05, 0.1) is 0 Å². The quantitative estimate of drug-likeness (QED) is 0.447. The molecular weight excluding hydrogens is 379 g/mol. The van der Waals surface area contributed by atoms with E-state index in [1.54, 1.807) is 0 Å². The van der Waals surface area contributed by atoms with Gasteiger partial charge in [0.25, 0.3) is 0 Å². The van der Waals surface area contributed by atoms with Gasteiger partial charge >= 0.3 is 17.4 Å². The summed E-state index contributed by atoms with van der Waals surface area (Å²) in [4.78, 5) is 0. The fourth-order valence-electron chi connectivity index (χ4n) is 2.31. The zero-order valence-electron chi connectivity index (χ0n) is 15.4. The minimum absolute atomic E-state index is 0. The maximum atomic E-state index is 4.44. The Balaban J connectivity index is 0.000000261.